The number of rotatable bonds is 3. The Bertz CT molecular complexity index is 274. The monoisotopic (exact) mass is 289 g/mol. The highest BCUT2D eigenvalue weighted by Gasteiger charge is 2.11. The van der Waals surface area contributed by atoms with Gasteiger partial charge in [-0.05, 0) is 18.6 Å². The van der Waals surface area contributed by atoms with E-state index >= 15 is 0 Å². The summed E-state index contributed by atoms with van der Waals surface area (Å²) in [5.41, 5.74) is 0.864. The van der Waals surface area contributed by atoms with Crippen LogP contribution in [0.3, 0.4) is 0 Å². The summed E-state index contributed by atoms with van der Waals surface area (Å²) in [6.45, 7) is 2.00. The lowest BCUT2D eigenvalue weighted by atomic mass is 10.3. The molecule has 1 aromatic rings. The predicted molar refractivity (Wildman–Crippen MR) is 63.2 cm³/mol. The molecule has 2 nitrogen and oxygen atoms in total. The second-order valence-corrected chi connectivity index (χ2v) is 4.23. The standard InChI is InChI=1S/C10H12INO/c1-2-9(11)10(13)12-8-6-4-3-5-7-8/h3-7,9H,2H2,1H3,(H,12,13)/t9-/m0/s1. The van der Waals surface area contributed by atoms with Crippen LogP contribution in [0.2, 0.25) is 0 Å². The molecule has 1 aromatic carbocycles. The third-order valence-electron chi connectivity index (χ3n) is 1.68. The molecular formula is C10H12INO. The van der Waals surface area contributed by atoms with Crippen molar-refractivity contribution in [2.45, 2.75) is 17.3 Å². The predicted octanol–water partition coefficient (Wildman–Crippen LogP) is 2.84. The molecular weight excluding hydrogens is 277 g/mol. The van der Waals surface area contributed by atoms with E-state index in [1.807, 2.05) is 37.3 Å². The normalized spacial score (nSPS) is 12.2. The third-order valence-corrected chi connectivity index (χ3v) is 3.13. The lowest BCUT2D eigenvalue weighted by molar-refractivity contribution is -0.115. The molecule has 1 amide bonds. The van der Waals surface area contributed by atoms with Gasteiger partial charge in [-0.15, -0.1) is 0 Å². The van der Waals surface area contributed by atoms with Gasteiger partial charge in [0.15, 0.2) is 0 Å². The van der Waals surface area contributed by atoms with Gasteiger partial charge in [0.25, 0.3) is 0 Å². The summed E-state index contributed by atoms with van der Waals surface area (Å²) < 4.78 is 0.0535. The highest BCUT2D eigenvalue weighted by atomic mass is 127. The molecule has 0 fully saturated rings. The zero-order chi connectivity index (χ0) is 9.68. The highest BCUT2D eigenvalue weighted by Crippen LogP contribution is 2.10. The molecule has 0 aromatic heterocycles. The molecule has 0 aliphatic heterocycles. The van der Waals surface area contributed by atoms with Crippen molar-refractivity contribution in [1.29, 1.82) is 0 Å². The molecule has 1 atom stereocenters. The van der Waals surface area contributed by atoms with Gasteiger partial charge in [0.2, 0.25) is 5.91 Å². The number of carbonyl (C=O) groups excluding carboxylic acids is 1. The molecule has 0 bridgehead atoms. The molecule has 0 spiro atoms. The Morgan fingerprint density at radius 3 is 2.62 bits per heavy atom. The first kappa shape index (κ1) is 10.5. The summed E-state index contributed by atoms with van der Waals surface area (Å²) in [5.74, 6) is 0.0781. The van der Waals surface area contributed by atoms with Crippen LogP contribution in [0.25, 0.3) is 0 Å². The van der Waals surface area contributed by atoms with Gasteiger partial charge in [-0.1, -0.05) is 47.7 Å². The fraction of sp³-hybridized carbons (Fsp3) is 0.300. The van der Waals surface area contributed by atoms with Crippen LogP contribution in [-0.2, 0) is 4.79 Å². The first-order chi connectivity index (χ1) is 6.24. The van der Waals surface area contributed by atoms with Crippen LogP contribution in [0.15, 0.2) is 30.3 Å². The minimum Gasteiger partial charge on any atom is -0.325 e. The van der Waals surface area contributed by atoms with E-state index in [1.165, 1.54) is 0 Å². The van der Waals surface area contributed by atoms with E-state index in [4.69, 9.17) is 0 Å². The molecule has 0 aliphatic carbocycles. The van der Waals surface area contributed by atoms with E-state index in [-0.39, 0.29) is 9.83 Å². The van der Waals surface area contributed by atoms with Gasteiger partial charge < -0.3 is 5.32 Å². The van der Waals surface area contributed by atoms with Gasteiger partial charge in [-0.2, -0.15) is 0 Å². The number of anilines is 1. The molecule has 0 heterocycles. The number of para-hydroxylation sites is 1. The molecule has 0 saturated heterocycles. The first-order valence-electron chi connectivity index (χ1n) is 4.24. The van der Waals surface area contributed by atoms with Gasteiger partial charge in [0, 0.05) is 5.69 Å². The van der Waals surface area contributed by atoms with Crippen molar-refractivity contribution in [2.24, 2.45) is 0 Å². The number of nitrogens with one attached hydrogen (secondary N) is 1. The minimum atomic E-state index is 0.0535. The summed E-state index contributed by atoms with van der Waals surface area (Å²) >= 11 is 2.15. The zero-order valence-electron chi connectivity index (χ0n) is 7.46. The van der Waals surface area contributed by atoms with Gasteiger partial charge >= 0.3 is 0 Å². The van der Waals surface area contributed by atoms with Crippen molar-refractivity contribution in [3.05, 3.63) is 30.3 Å². The van der Waals surface area contributed by atoms with E-state index in [2.05, 4.69) is 27.9 Å². The fourth-order valence-corrected chi connectivity index (χ4v) is 1.08. The van der Waals surface area contributed by atoms with Crippen molar-refractivity contribution < 1.29 is 4.79 Å². The topological polar surface area (TPSA) is 29.1 Å². The zero-order valence-corrected chi connectivity index (χ0v) is 9.61. The number of hydrogen-bond acceptors (Lipinski definition) is 1. The van der Waals surface area contributed by atoms with Gasteiger partial charge in [0.05, 0.1) is 3.92 Å². The molecule has 1 N–H and O–H groups in total. The minimum absolute atomic E-state index is 0.0535. The Balaban J connectivity index is 2.55. The van der Waals surface area contributed by atoms with E-state index in [0.29, 0.717) is 0 Å². The lowest BCUT2D eigenvalue weighted by Gasteiger charge is -2.07. The average molecular weight is 289 g/mol. The van der Waals surface area contributed by atoms with E-state index < -0.39 is 0 Å². The maximum atomic E-state index is 11.4. The number of amides is 1. The smallest absolute Gasteiger partial charge is 0.237 e. The van der Waals surface area contributed by atoms with Crippen molar-refractivity contribution in [2.75, 3.05) is 5.32 Å². The number of benzene rings is 1. The van der Waals surface area contributed by atoms with Crippen LogP contribution < -0.4 is 5.32 Å². The maximum Gasteiger partial charge on any atom is 0.237 e. The molecule has 0 saturated carbocycles. The molecule has 0 aliphatic rings. The van der Waals surface area contributed by atoms with E-state index in [1.54, 1.807) is 0 Å². The van der Waals surface area contributed by atoms with Gasteiger partial charge in [0.1, 0.15) is 0 Å². The number of alkyl halides is 1. The molecule has 70 valence electrons. The second kappa shape index (κ2) is 5.21. The second-order valence-electron chi connectivity index (χ2n) is 2.73. The molecule has 1 rings (SSSR count). The van der Waals surface area contributed by atoms with Crippen LogP contribution in [0, 0.1) is 0 Å². The summed E-state index contributed by atoms with van der Waals surface area (Å²) in [4.78, 5) is 11.4. The molecule has 0 unspecified atom stereocenters. The van der Waals surface area contributed by atoms with Crippen molar-refractivity contribution >= 4 is 34.2 Å². The quantitative estimate of drug-likeness (QED) is 0.673. The fourth-order valence-electron chi connectivity index (χ4n) is 0.927. The Hall–Kier alpha value is -0.580. The highest BCUT2D eigenvalue weighted by molar-refractivity contribution is 14.1. The van der Waals surface area contributed by atoms with Crippen LogP contribution in [0.1, 0.15) is 13.3 Å². The van der Waals surface area contributed by atoms with Crippen molar-refractivity contribution in [1.82, 2.24) is 0 Å². The van der Waals surface area contributed by atoms with Crippen LogP contribution >= 0.6 is 22.6 Å². The first-order valence-corrected chi connectivity index (χ1v) is 5.48. The lowest BCUT2D eigenvalue weighted by Crippen LogP contribution is -2.21. The largest absolute Gasteiger partial charge is 0.325 e. The van der Waals surface area contributed by atoms with E-state index in [9.17, 15) is 4.79 Å². The number of hydrogen-bond donors (Lipinski definition) is 1. The molecule has 13 heavy (non-hydrogen) atoms. The van der Waals surface area contributed by atoms with Crippen LogP contribution in [-0.4, -0.2) is 9.83 Å². The summed E-state index contributed by atoms with van der Waals surface area (Å²) in [7, 11) is 0. The van der Waals surface area contributed by atoms with Crippen LogP contribution in [0.4, 0.5) is 5.69 Å². The van der Waals surface area contributed by atoms with Crippen molar-refractivity contribution in [3.8, 4) is 0 Å². The van der Waals surface area contributed by atoms with Gasteiger partial charge in [-0.3, -0.25) is 4.79 Å². The number of carbonyl (C=O) groups is 1. The Kier molecular flexibility index (Phi) is 4.21. The van der Waals surface area contributed by atoms with Crippen LogP contribution in [0.5, 0.6) is 0 Å². The third kappa shape index (κ3) is 3.34. The summed E-state index contributed by atoms with van der Waals surface area (Å²) in [6.07, 6.45) is 0.860. The Morgan fingerprint density at radius 1 is 1.46 bits per heavy atom. The van der Waals surface area contributed by atoms with E-state index in [0.717, 1.165) is 12.1 Å². The van der Waals surface area contributed by atoms with Crippen molar-refractivity contribution in [3.63, 3.8) is 0 Å². The molecule has 0 radical (unpaired) electrons. The summed E-state index contributed by atoms with van der Waals surface area (Å²) in [5, 5.41) is 2.85. The van der Waals surface area contributed by atoms with Gasteiger partial charge in [-0.25, -0.2) is 0 Å². The summed E-state index contributed by atoms with van der Waals surface area (Å²) in [6, 6.07) is 9.51. The Labute approximate surface area is 91.9 Å². The molecule has 3 heteroatoms. The maximum absolute atomic E-state index is 11.4. The average Bonchev–Trinajstić information content (AvgIpc) is 2.18. The Morgan fingerprint density at radius 2 is 2.08 bits per heavy atom. The SMILES string of the molecule is CC[C@H](I)C(=O)Nc1ccccc1. The number of halogens is 1.